The predicted octanol–water partition coefficient (Wildman–Crippen LogP) is 2.45. The van der Waals surface area contributed by atoms with Gasteiger partial charge in [-0.2, -0.15) is 0 Å². The molecule has 4 heteroatoms. The molecule has 0 aliphatic heterocycles. The lowest BCUT2D eigenvalue weighted by molar-refractivity contribution is 0.0742. The molecular formula is C12H13NO3. The van der Waals surface area contributed by atoms with Crippen molar-refractivity contribution in [1.29, 1.82) is 0 Å². The van der Waals surface area contributed by atoms with Gasteiger partial charge in [-0.25, -0.2) is 0 Å². The molecule has 0 saturated carbocycles. The molecule has 0 radical (unpaired) electrons. The Morgan fingerprint density at radius 3 is 2.75 bits per heavy atom. The van der Waals surface area contributed by atoms with Gasteiger partial charge in [0.05, 0.1) is 12.8 Å². The van der Waals surface area contributed by atoms with Crippen LogP contribution >= 0.6 is 0 Å². The van der Waals surface area contributed by atoms with Crippen LogP contribution in [0.25, 0.3) is 0 Å². The lowest BCUT2D eigenvalue weighted by atomic mass is 10.3. The fraction of sp³-hybridized carbons (Fsp3) is 0.250. The van der Waals surface area contributed by atoms with Gasteiger partial charge in [-0.1, -0.05) is 0 Å². The first-order chi connectivity index (χ1) is 7.66. The zero-order valence-corrected chi connectivity index (χ0v) is 9.27. The molecule has 2 aromatic rings. The van der Waals surface area contributed by atoms with Crippen molar-refractivity contribution in [3.8, 4) is 0 Å². The molecule has 0 saturated heterocycles. The van der Waals surface area contributed by atoms with Gasteiger partial charge in [-0.05, 0) is 31.2 Å². The molecule has 0 unspecified atom stereocenters. The van der Waals surface area contributed by atoms with Gasteiger partial charge >= 0.3 is 0 Å². The fourth-order valence-corrected chi connectivity index (χ4v) is 1.45. The van der Waals surface area contributed by atoms with E-state index >= 15 is 0 Å². The molecule has 0 aliphatic carbocycles. The van der Waals surface area contributed by atoms with Crippen molar-refractivity contribution in [3.63, 3.8) is 0 Å². The molecular weight excluding hydrogens is 206 g/mol. The number of carbonyl (C=O) groups is 1. The normalized spacial score (nSPS) is 10.4. The van der Waals surface area contributed by atoms with E-state index in [4.69, 9.17) is 8.83 Å². The number of aryl methyl sites for hydroxylation is 1. The molecule has 2 aromatic heterocycles. The maximum atomic E-state index is 11.9. The number of nitrogens with zero attached hydrogens (tertiary/aromatic N) is 1. The quantitative estimate of drug-likeness (QED) is 0.796. The van der Waals surface area contributed by atoms with E-state index in [1.807, 2.05) is 13.0 Å². The minimum atomic E-state index is -0.149. The molecule has 4 nitrogen and oxygen atoms in total. The highest BCUT2D eigenvalue weighted by atomic mass is 16.4. The average molecular weight is 219 g/mol. The molecule has 84 valence electrons. The third-order valence-corrected chi connectivity index (χ3v) is 2.27. The van der Waals surface area contributed by atoms with Gasteiger partial charge < -0.3 is 13.7 Å². The third kappa shape index (κ3) is 2.16. The van der Waals surface area contributed by atoms with Crippen molar-refractivity contribution in [1.82, 2.24) is 4.90 Å². The van der Waals surface area contributed by atoms with E-state index in [2.05, 4.69) is 0 Å². The lowest BCUT2D eigenvalue weighted by Crippen LogP contribution is -2.25. The van der Waals surface area contributed by atoms with Gasteiger partial charge in [0, 0.05) is 7.05 Å². The second kappa shape index (κ2) is 4.26. The Hall–Kier alpha value is -1.97. The molecule has 0 spiro atoms. The van der Waals surface area contributed by atoms with Crippen LogP contribution in [0, 0.1) is 6.92 Å². The molecule has 0 bridgehead atoms. The van der Waals surface area contributed by atoms with Crippen LogP contribution in [0.4, 0.5) is 0 Å². The first-order valence-corrected chi connectivity index (χ1v) is 5.01. The van der Waals surface area contributed by atoms with Gasteiger partial charge in [-0.15, -0.1) is 0 Å². The van der Waals surface area contributed by atoms with Crippen molar-refractivity contribution < 1.29 is 13.6 Å². The molecule has 2 rings (SSSR count). The van der Waals surface area contributed by atoms with E-state index in [1.165, 1.54) is 0 Å². The molecule has 0 aliphatic rings. The summed E-state index contributed by atoms with van der Waals surface area (Å²) in [5.74, 6) is 1.69. The largest absolute Gasteiger partial charge is 0.467 e. The summed E-state index contributed by atoms with van der Waals surface area (Å²) >= 11 is 0. The average Bonchev–Trinajstić information content (AvgIpc) is 2.88. The van der Waals surface area contributed by atoms with E-state index in [9.17, 15) is 4.79 Å². The van der Waals surface area contributed by atoms with Crippen molar-refractivity contribution in [3.05, 3.63) is 47.8 Å². The molecule has 2 heterocycles. The number of hydrogen-bond donors (Lipinski definition) is 0. The highest BCUT2D eigenvalue weighted by Gasteiger charge is 2.16. The SMILES string of the molecule is Cc1ccc(C(=O)N(C)Cc2ccco2)o1. The maximum Gasteiger partial charge on any atom is 0.289 e. The van der Waals surface area contributed by atoms with Crippen LogP contribution < -0.4 is 0 Å². The number of hydrogen-bond acceptors (Lipinski definition) is 3. The van der Waals surface area contributed by atoms with E-state index in [0.717, 1.165) is 11.5 Å². The Morgan fingerprint density at radius 2 is 2.19 bits per heavy atom. The summed E-state index contributed by atoms with van der Waals surface area (Å²) in [6.07, 6.45) is 1.59. The Labute approximate surface area is 93.5 Å². The lowest BCUT2D eigenvalue weighted by Gasteiger charge is -2.13. The van der Waals surface area contributed by atoms with Crippen LogP contribution in [-0.4, -0.2) is 17.9 Å². The van der Waals surface area contributed by atoms with Crippen LogP contribution in [-0.2, 0) is 6.54 Å². The Bertz CT molecular complexity index is 470. The first kappa shape index (κ1) is 10.5. The van der Waals surface area contributed by atoms with E-state index in [-0.39, 0.29) is 5.91 Å². The standard InChI is InChI=1S/C12H13NO3/c1-9-5-6-11(16-9)12(14)13(2)8-10-4-3-7-15-10/h3-7H,8H2,1-2H3. The van der Waals surface area contributed by atoms with Crippen molar-refractivity contribution in [2.75, 3.05) is 7.05 Å². The van der Waals surface area contributed by atoms with Gasteiger partial charge in [0.15, 0.2) is 5.76 Å². The minimum absolute atomic E-state index is 0.149. The summed E-state index contributed by atoms with van der Waals surface area (Å²) in [4.78, 5) is 13.4. The second-order valence-corrected chi connectivity index (χ2v) is 3.65. The van der Waals surface area contributed by atoms with Crippen molar-refractivity contribution >= 4 is 5.91 Å². The number of carbonyl (C=O) groups excluding carboxylic acids is 1. The number of furan rings is 2. The van der Waals surface area contributed by atoms with Crippen molar-refractivity contribution in [2.24, 2.45) is 0 Å². The van der Waals surface area contributed by atoms with Crippen molar-refractivity contribution in [2.45, 2.75) is 13.5 Å². The van der Waals surface area contributed by atoms with Crippen LogP contribution in [0.3, 0.4) is 0 Å². The molecule has 0 fully saturated rings. The zero-order chi connectivity index (χ0) is 11.5. The molecule has 0 atom stereocenters. The zero-order valence-electron chi connectivity index (χ0n) is 9.27. The summed E-state index contributed by atoms with van der Waals surface area (Å²) in [5.41, 5.74) is 0. The summed E-state index contributed by atoms with van der Waals surface area (Å²) in [7, 11) is 1.71. The number of rotatable bonds is 3. The Balaban J connectivity index is 2.05. The maximum absolute atomic E-state index is 11.9. The summed E-state index contributed by atoms with van der Waals surface area (Å²) in [6.45, 7) is 2.24. The second-order valence-electron chi connectivity index (χ2n) is 3.65. The highest BCUT2D eigenvalue weighted by Crippen LogP contribution is 2.11. The van der Waals surface area contributed by atoms with E-state index in [1.54, 1.807) is 36.4 Å². The topological polar surface area (TPSA) is 46.6 Å². The van der Waals surface area contributed by atoms with Crippen LogP contribution in [0.1, 0.15) is 22.1 Å². The number of amides is 1. The predicted molar refractivity (Wildman–Crippen MR) is 58.0 cm³/mol. The minimum Gasteiger partial charge on any atom is -0.467 e. The van der Waals surface area contributed by atoms with Crippen LogP contribution in [0.15, 0.2) is 39.4 Å². The Morgan fingerprint density at radius 1 is 1.38 bits per heavy atom. The van der Waals surface area contributed by atoms with Gasteiger partial charge in [0.1, 0.15) is 11.5 Å². The highest BCUT2D eigenvalue weighted by molar-refractivity contribution is 5.91. The fourth-order valence-electron chi connectivity index (χ4n) is 1.45. The van der Waals surface area contributed by atoms with Gasteiger partial charge in [-0.3, -0.25) is 4.79 Å². The van der Waals surface area contributed by atoms with E-state index in [0.29, 0.717) is 12.3 Å². The molecule has 16 heavy (non-hydrogen) atoms. The molecule has 0 N–H and O–H groups in total. The Kier molecular flexibility index (Phi) is 2.81. The monoisotopic (exact) mass is 219 g/mol. The first-order valence-electron chi connectivity index (χ1n) is 5.01. The van der Waals surface area contributed by atoms with Gasteiger partial charge in [0.2, 0.25) is 0 Å². The third-order valence-electron chi connectivity index (χ3n) is 2.27. The summed E-state index contributed by atoms with van der Waals surface area (Å²) < 4.78 is 10.4. The summed E-state index contributed by atoms with van der Waals surface area (Å²) in [5, 5.41) is 0. The molecule has 0 aromatic carbocycles. The van der Waals surface area contributed by atoms with Crippen LogP contribution in [0.2, 0.25) is 0 Å². The summed E-state index contributed by atoms with van der Waals surface area (Å²) in [6, 6.07) is 7.08. The smallest absolute Gasteiger partial charge is 0.289 e. The van der Waals surface area contributed by atoms with E-state index < -0.39 is 0 Å². The van der Waals surface area contributed by atoms with Crippen LogP contribution in [0.5, 0.6) is 0 Å². The van der Waals surface area contributed by atoms with Gasteiger partial charge in [0.25, 0.3) is 5.91 Å². The molecule has 1 amide bonds.